The standard InChI is InChI=1S/C9H12N4S/c1-7(10)6-14-9-12-11-8-4-2-3-5-13(8)9/h2-5,7H,6,10H2,1H3/t7-/m0/s1. The van der Waals surface area contributed by atoms with Crippen molar-refractivity contribution in [2.45, 2.75) is 18.1 Å². The minimum absolute atomic E-state index is 0.177. The van der Waals surface area contributed by atoms with Crippen LogP contribution in [0.15, 0.2) is 29.6 Å². The van der Waals surface area contributed by atoms with Crippen molar-refractivity contribution in [3.05, 3.63) is 24.4 Å². The van der Waals surface area contributed by atoms with Crippen LogP contribution in [0.3, 0.4) is 0 Å². The molecule has 0 bridgehead atoms. The minimum atomic E-state index is 0.177. The monoisotopic (exact) mass is 208 g/mol. The van der Waals surface area contributed by atoms with Crippen LogP contribution in [0.4, 0.5) is 0 Å². The lowest BCUT2D eigenvalue weighted by molar-refractivity contribution is 0.838. The van der Waals surface area contributed by atoms with E-state index in [4.69, 9.17) is 5.73 Å². The SMILES string of the molecule is C[C@H](N)CSc1nnc2ccccn12. The average molecular weight is 208 g/mol. The first-order chi connectivity index (χ1) is 6.77. The van der Waals surface area contributed by atoms with Gasteiger partial charge in [-0.2, -0.15) is 0 Å². The van der Waals surface area contributed by atoms with Gasteiger partial charge in [-0.3, -0.25) is 4.40 Å². The summed E-state index contributed by atoms with van der Waals surface area (Å²) in [7, 11) is 0. The van der Waals surface area contributed by atoms with Crippen LogP contribution in [0.5, 0.6) is 0 Å². The number of aromatic nitrogens is 3. The Kier molecular flexibility index (Phi) is 2.69. The lowest BCUT2D eigenvalue weighted by Gasteiger charge is -2.02. The molecule has 2 heterocycles. The highest BCUT2D eigenvalue weighted by Gasteiger charge is 2.05. The second kappa shape index (κ2) is 3.98. The van der Waals surface area contributed by atoms with Gasteiger partial charge >= 0.3 is 0 Å². The van der Waals surface area contributed by atoms with E-state index in [-0.39, 0.29) is 6.04 Å². The smallest absolute Gasteiger partial charge is 0.195 e. The predicted octanol–water partition coefficient (Wildman–Crippen LogP) is 1.17. The van der Waals surface area contributed by atoms with Crippen molar-refractivity contribution in [2.75, 3.05) is 5.75 Å². The van der Waals surface area contributed by atoms with Crippen molar-refractivity contribution in [3.8, 4) is 0 Å². The fourth-order valence-corrected chi connectivity index (χ4v) is 1.93. The van der Waals surface area contributed by atoms with Gasteiger partial charge in [0.25, 0.3) is 0 Å². The Balaban J connectivity index is 2.25. The molecule has 4 nitrogen and oxygen atoms in total. The molecule has 0 amide bonds. The largest absolute Gasteiger partial charge is 0.327 e. The molecule has 2 aromatic rings. The van der Waals surface area contributed by atoms with E-state index in [1.54, 1.807) is 11.8 Å². The molecule has 1 atom stereocenters. The van der Waals surface area contributed by atoms with E-state index in [9.17, 15) is 0 Å². The van der Waals surface area contributed by atoms with Gasteiger partial charge in [0.05, 0.1) is 0 Å². The van der Waals surface area contributed by atoms with Crippen LogP contribution in [-0.4, -0.2) is 26.4 Å². The number of nitrogens with two attached hydrogens (primary N) is 1. The van der Waals surface area contributed by atoms with Gasteiger partial charge in [-0.1, -0.05) is 17.8 Å². The summed E-state index contributed by atoms with van der Waals surface area (Å²) in [5.74, 6) is 0.857. The van der Waals surface area contributed by atoms with Crippen LogP contribution in [0.1, 0.15) is 6.92 Å². The Morgan fingerprint density at radius 2 is 2.36 bits per heavy atom. The van der Waals surface area contributed by atoms with Crippen molar-refractivity contribution < 1.29 is 0 Å². The number of fused-ring (bicyclic) bond motifs is 1. The van der Waals surface area contributed by atoms with Gasteiger partial charge in [0.15, 0.2) is 10.8 Å². The summed E-state index contributed by atoms with van der Waals surface area (Å²) in [6.45, 7) is 1.98. The van der Waals surface area contributed by atoms with Gasteiger partial charge < -0.3 is 5.73 Å². The molecule has 2 N–H and O–H groups in total. The Bertz CT molecular complexity index is 423. The van der Waals surface area contributed by atoms with E-state index in [0.717, 1.165) is 16.6 Å². The average Bonchev–Trinajstić information content (AvgIpc) is 2.58. The van der Waals surface area contributed by atoms with Crippen molar-refractivity contribution >= 4 is 17.4 Å². The van der Waals surface area contributed by atoms with Crippen LogP contribution >= 0.6 is 11.8 Å². The van der Waals surface area contributed by atoms with Crippen LogP contribution in [-0.2, 0) is 0 Å². The van der Waals surface area contributed by atoms with Gasteiger partial charge in [0.2, 0.25) is 0 Å². The molecule has 2 rings (SSSR count). The summed E-state index contributed by atoms with van der Waals surface area (Å²) < 4.78 is 1.97. The fraction of sp³-hybridized carbons (Fsp3) is 0.333. The Morgan fingerprint density at radius 3 is 3.14 bits per heavy atom. The second-order valence-electron chi connectivity index (χ2n) is 3.20. The summed E-state index contributed by atoms with van der Waals surface area (Å²) in [5, 5.41) is 9.04. The first-order valence-electron chi connectivity index (χ1n) is 4.45. The predicted molar refractivity (Wildman–Crippen MR) is 57.4 cm³/mol. The number of hydrogen-bond donors (Lipinski definition) is 1. The van der Waals surface area contributed by atoms with Gasteiger partial charge in [0, 0.05) is 18.0 Å². The highest BCUT2D eigenvalue weighted by atomic mass is 32.2. The van der Waals surface area contributed by atoms with E-state index in [0.29, 0.717) is 0 Å². The van der Waals surface area contributed by atoms with E-state index in [2.05, 4.69) is 10.2 Å². The maximum absolute atomic E-state index is 5.67. The first-order valence-corrected chi connectivity index (χ1v) is 5.44. The molecule has 14 heavy (non-hydrogen) atoms. The highest BCUT2D eigenvalue weighted by molar-refractivity contribution is 7.99. The summed E-state index contributed by atoms with van der Waals surface area (Å²) >= 11 is 1.63. The molecule has 0 spiro atoms. The molecule has 0 saturated carbocycles. The maximum atomic E-state index is 5.67. The van der Waals surface area contributed by atoms with E-state index < -0.39 is 0 Å². The zero-order chi connectivity index (χ0) is 9.97. The summed E-state index contributed by atoms with van der Waals surface area (Å²) in [6, 6.07) is 6.02. The molecule has 5 heteroatoms. The molecular weight excluding hydrogens is 196 g/mol. The third-order valence-corrected chi connectivity index (χ3v) is 2.99. The minimum Gasteiger partial charge on any atom is -0.327 e. The van der Waals surface area contributed by atoms with Gasteiger partial charge in [0.1, 0.15) is 0 Å². The van der Waals surface area contributed by atoms with Gasteiger partial charge in [-0.25, -0.2) is 0 Å². The molecule has 0 saturated heterocycles. The lowest BCUT2D eigenvalue weighted by atomic mass is 10.4. The molecule has 0 radical (unpaired) electrons. The molecule has 0 aliphatic heterocycles. The molecule has 2 aromatic heterocycles. The molecule has 0 fully saturated rings. The number of thioether (sulfide) groups is 1. The zero-order valence-corrected chi connectivity index (χ0v) is 8.74. The number of pyridine rings is 1. The fourth-order valence-electron chi connectivity index (χ4n) is 1.12. The Labute approximate surface area is 86.5 Å². The van der Waals surface area contributed by atoms with E-state index in [1.165, 1.54) is 0 Å². The molecule has 0 aliphatic carbocycles. The van der Waals surface area contributed by atoms with Crippen LogP contribution < -0.4 is 5.73 Å². The van der Waals surface area contributed by atoms with Crippen molar-refractivity contribution in [1.82, 2.24) is 14.6 Å². The highest BCUT2D eigenvalue weighted by Crippen LogP contribution is 2.16. The summed E-state index contributed by atoms with van der Waals surface area (Å²) in [4.78, 5) is 0. The third-order valence-electron chi connectivity index (χ3n) is 1.76. The quantitative estimate of drug-likeness (QED) is 0.769. The van der Waals surface area contributed by atoms with E-state index >= 15 is 0 Å². The molecule has 0 unspecified atom stereocenters. The molecule has 0 aliphatic rings. The normalized spacial score (nSPS) is 13.3. The topological polar surface area (TPSA) is 56.2 Å². The Hall–Kier alpha value is -1.07. The number of nitrogens with zero attached hydrogens (tertiary/aromatic N) is 3. The Morgan fingerprint density at radius 1 is 1.50 bits per heavy atom. The van der Waals surface area contributed by atoms with Crippen LogP contribution in [0, 0.1) is 0 Å². The third kappa shape index (κ3) is 1.88. The number of hydrogen-bond acceptors (Lipinski definition) is 4. The molecular formula is C9H12N4S. The van der Waals surface area contributed by atoms with Crippen molar-refractivity contribution in [1.29, 1.82) is 0 Å². The number of rotatable bonds is 3. The van der Waals surface area contributed by atoms with Crippen molar-refractivity contribution in [2.24, 2.45) is 5.73 Å². The zero-order valence-electron chi connectivity index (χ0n) is 7.92. The van der Waals surface area contributed by atoms with Gasteiger partial charge in [-0.05, 0) is 19.1 Å². The summed E-state index contributed by atoms with van der Waals surface area (Å²) in [5.41, 5.74) is 6.55. The van der Waals surface area contributed by atoms with E-state index in [1.807, 2.05) is 35.7 Å². The van der Waals surface area contributed by atoms with Crippen molar-refractivity contribution in [3.63, 3.8) is 0 Å². The van der Waals surface area contributed by atoms with Gasteiger partial charge in [-0.15, -0.1) is 10.2 Å². The molecule has 74 valence electrons. The summed E-state index contributed by atoms with van der Waals surface area (Å²) in [6.07, 6.45) is 1.96. The first kappa shape index (κ1) is 9.48. The second-order valence-corrected chi connectivity index (χ2v) is 4.19. The molecule has 0 aromatic carbocycles. The van der Waals surface area contributed by atoms with Crippen LogP contribution in [0.25, 0.3) is 5.65 Å². The lowest BCUT2D eigenvalue weighted by Crippen LogP contribution is -2.17. The van der Waals surface area contributed by atoms with Crippen LogP contribution in [0.2, 0.25) is 0 Å². The maximum Gasteiger partial charge on any atom is 0.195 e.